The number of ether oxygens (including phenoxy) is 2. The Labute approximate surface area is 239 Å². The second-order valence-electron chi connectivity index (χ2n) is 9.88. The molecule has 12 heteroatoms. The number of thiophene rings is 1. The number of nitrogens with one attached hydrogen (secondary N) is 3. The van der Waals surface area contributed by atoms with Crippen LogP contribution < -0.4 is 10.6 Å². The van der Waals surface area contributed by atoms with Crippen molar-refractivity contribution in [3.63, 3.8) is 0 Å². The first-order valence-electron chi connectivity index (χ1n) is 13.1. The second kappa shape index (κ2) is 11.1. The third kappa shape index (κ3) is 5.55. The van der Waals surface area contributed by atoms with Crippen molar-refractivity contribution in [2.24, 2.45) is 0 Å². The maximum Gasteiger partial charge on any atom is 0.251 e. The average molecular weight is 571 g/mol. The summed E-state index contributed by atoms with van der Waals surface area (Å²) in [6, 6.07) is 14.0. The summed E-state index contributed by atoms with van der Waals surface area (Å²) in [4.78, 5) is 49.0. The number of rotatable bonds is 7. The van der Waals surface area contributed by atoms with Crippen LogP contribution in [-0.2, 0) is 25.6 Å². The van der Waals surface area contributed by atoms with E-state index in [0.29, 0.717) is 24.3 Å². The zero-order valence-corrected chi connectivity index (χ0v) is 22.7. The Morgan fingerprint density at radius 3 is 2.68 bits per heavy atom. The van der Waals surface area contributed by atoms with Crippen LogP contribution in [0.5, 0.6) is 0 Å². The minimum absolute atomic E-state index is 0.0889. The summed E-state index contributed by atoms with van der Waals surface area (Å²) < 4.78 is 11.6. The van der Waals surface area contributed by atoms with E-state index in [9.17, 15) is 14.4 Å². The molecule has 3 amide bonds. The monoisotopic (exact) mass is 570 g/mol. The van der Waals surface area contributed by atoms with Crippen LogP contribution in [0.25, 0.3) is 22.2 Å². The fourth-order valence-electron chi connectivity index (χ4n) is 5.14. The molecule has 0 saturated carbocycles. The molecule has 1 spiro atoms. The summed E-state index contributed by atoms with van der Waals surface area (Å²) in [5.74, 6) is -2.21. The molecule has 208 valence electrons. The highest BCUT2D eigenvalue weighted by Gasteiger charge is 2.52. The van der Waals surface area contributed by atoms with Gasteiger partial charge < -0.3 is 30.0 Å². The van der Waals surface area contributed by atoms with E-state index in [4.69, 9.17) is 14.7 Å². The summed E-state index contributed by atoms with van der Waals surface area (Å²) in [6.45, 7) is 0.797. The molecule has 1 atom stereocenters. The molecule has 4 aromatic rings. The van der Waals surface area contributed by atoms with Gasteiger partial charge in [0, 0.05) is 45.6 Å². The fraction of sp³-hybridized carbons (Fsp3) is 0.276. The van der Waals surface area contributed by atoms with E-state index < -0.39 is 23.6 Å². The second-order valence-corrected chi connectivity index (χ2v) is 10.9. The van der Waals surface area contributed by atoms with E-state index in [-0.39, 0.29) is 32.0 Å². The van der Waals surface area contributed by atoms with Crippen molar-refractivity contribution in [1.29, 1.82) is 5.26 Å². The molecule has 0 unspecified atom stereocenters. The van der Waals surface area contributed by atoms with Gasteiger partial charge in [-0.25, -0.2) is 4.98 Å². The number of hydrogen-bond donors (Lipinski definition) is 3. The number of amides is 3. The fourth-order valence-corrected chi connectivity index (χ4v) is 5.89. The molecule has 5 heterocycles. The van der Waals surface area contributed by atoms with E-state index >= 15 is 0 Å². The van der Waals surface area contributed by atoms with Gasteiger partial charge in [0.2, 0.25) is 11.8 Å². The number of carbonyl (C=O) groups excluding carboxylic acids is 3. The van der Waals surface area contributed by atoms with Gasteiger partial charge in [-0.05, 0) is 35.9 Å². The van der Waals surface area contributed by atoms with Crippen LogP contribution >= 0.6 is 11.3 Å². The molecule has 6 rings (SSSR count). The molecule has 0 aliphatic carbocycles. The lowest BCUT2D eigenvalue weighted by molar-refractivity contribution is -0.152. The zero-order chi connectivity index (χ0) is 28.4. The number of hydrogen-bond acceptors (Lipinski definition) is 8. The molecule has 2 aliphatic heterocycles. The van der Waals surface area contributed by atoms with Crippen LogP contribution in [0.2, 0.25) is 0 Å². The van der Waals surface area contributed by atoms with Crippen LogP contribution in [0.3, 0.4) is 0 Å². The molecule has 1 aromatic carbocycles. The lowest BCUT2D eigenvalue weighted by Crippen LogP contribution is -2.49. The minimum Gasteiger partial charge on any atom is -0.349 e. The number of likely N-dealkylation sites (tertiary alicyclic amines) is 1. The van der Waals surface area contributed by atoms with Gasteiger partial charge in [0.05, 0.1) is 38.4 Å². The number of H-pyrrole nitrogens is 1. The smallest absolute Gasteiger partial charge is 0.251 e. The van der Waals surface area contributed by atoms with E-state index in [0.717, 1.165) is 27.0 Å². The van der Waals surface area contributed by atoms with Gasteiger partial charge >= 0.3 is 0 Å². The normalized spacial score (nSPS) is 17.5. The number of pyridine rings is 1. The molecule has 3 N–H and O–H groups in total. The van der Waals surface area contributed by atoms with E-state index in [2.05, 4.69) is 26.7 Å². The number of benzene rings is 1. The summed E-state index contributed by atoms with van der Waals surface area (Å²) in [6.07, 6.45) is 3.79. The first-order chi connectivity index (χ1) is 19.9. The highest BCUT2D eigenvalue weighted by Crippen LogP contribution is 2.35. The number of aromatic nitrogens is 2. The first kappa shape index (κ1) is 26.6. The number of aromatic amines is 1. The van der Waals surface area contributed by atoms with Gasteiger partial charge in [-0.2, -0.15) is 5.26 Å². The number of nitrogens with zero attached hydrogens (tertiary/aromatic N) is 3. The average Bonchev–Trinajstić information content (AvgIpc) is 3.82. The predicted molar refractivity (Wildman–Crippen MR) is 149 cm³/mol. The molecule has 2 aliphatic rings. The van der Waals surface area contributed by atoms with Crippen LogP contribution in [0.15, 0.2) is 60.2 Å². The molecule has 0 radical (unpaired) electrons. The molecular formula is C29H26N6O5S. The van der Waals surface area contributed by atoms with Gasteiger partial charge in [-0.3, -0.25) is 14.4 Å². The highest BCUT2D eigenvalue weighted by atomic mass is 32.1. The largest absolute Gasteiger partial charge is 0.349 e. The molecule has 3 aromatic heterocycles. The molecular weight excluding hydrogens is 544 g/mol. The van der Waals surface area contributed by atoms with E-state index in [1.54, 1.807) is 29.8 Å². The summed E-state index contributed by atoms with van der Waals surface area (Å²) >= 11 is 1.37. The van der Waals surface area contributed by atoms with Gasteiger partial charge in [0.15, 0.2) is 5.79 Å². The first-order valence-corrected chi connectivity index (χ1v) is 14.0. The Balaban J connectivity index is 1.08. The van der Waals surface area contributed by atoms with E-state index in [1.807, 2.05) is 30.5 Å². The van der Waals surface area contributed by atoms with Crippen LogP contribution in [0.1, 0.15) is 27.2 Å². The van der Waals surface area contributed by atoms with Crippen molar-refractivity contribution < 1.29 is 23.9 Å². The van der Waals surface area contributed by atoms with Gasteiger partial charge in [0.25, 0.3) is 5.91 Å². The maximum absolute atomic E-state index is 13.3. The molecule has 41 heavy (non-hydrogen) atoms. The summed E-state index contributed by atoms with van der Waals surface area (Å²) in [7, 11) is 0. The Hall–Kier alpha value is -4.57. The predicted octanol–water partition coefficient (Wildman–Crippen LogP) is 2.55. The lowest BCUT2D eigenvalue weighted by Gasteiger charge is -2.24. The minimum atomic E-state index is -1.04. The van der Waals surface area contributed by atoms with Crippen molar-refractivity contribution >= 4 is 40.1 Å². The lowest BCUT2D eigenvalue weighted by atomic mass is 10.0. The van der Waals surface area contributed by atoms with Gasteiger partial charge in [-0.1, -0.05) is 12.1 Å². The molecule has 2 fully saturated rings. The molecule has 0 bridgehead atoms. The highest BCUT2D eigenvalue weighted by molar-refractivity contribution is 7.10. The van der Waals surface area contributed by atoms with Crippen molar-refractivity contribution in [3.8, 4) is 17.2 Å². The standard InChI is InChI=1S/C29H26N6O5S/c30-12-18-9-23(41-16-18)14-33-28(38)24-11-29(39-7-8-40-29)17-35(24)25(36)15-34-27(37)20-3-1-19(2-4-20)22-10-21-5-6-31-26(21)32-13-22/h1-6,9-10,13,16,24H,7-8,11,14-15,17H2,(H,31,32)(H,33,38)(H,34,37)/t24-/m0/s1. The van der Waals surface area contributed by atoms with Crippen molar-refractivity contribution in [2.45, 2.75) is 24.8 Å². The van der Waals surface area contributed by atoms with Crippen molar-refractivity contribution in [1.82, 2.24) is 25.5 Å². The molecule has 11 nitrogen and oxygen atoms in total. The summed E-state index contributed by atoms with van der Waals surface area (Å²) in [5, 5.41) is 17.3. The maximum atomic E-state index is 13.3. The Morgan fingerprint density at radius 1 is 1.12 bits per heavy atom. The summed E-state index contributed by atoms with van der Waals surface area (Å²) in [5.41, 5.74) is 3.57. The Bertz CT molecular complexity index is 1650. The third-order valence-electron chi connectivity index (χ3n) is 7.23. The Kier molecular flexibility index (Phi) is 7.23. The number of nitriles is 1. The third-order valence-corrected chi connectivity index (χ3v) is 8.17. The molecule has 2 saturated heterocycles. The zero-order valence-electron chi connectivity index (χ0n) is 21.9. The topological polar surface area (TPSA) is 149 Å². The van der Waals surface area contributed by atoms with Gasteiger partial charge in [0.1, 0.15) is 17.8 Å². The van der Waals surface area contributed by atoms with Crippen LogP contribution in [0.4, 0.5) is 0 Å². The quantitative estimate of drug-likeness (QED) is 0.309. The van der Waals surface area contributed by atoms with Crippen LogP contribution in [0, 0.1) is 11.3 Å². The van der Waals surface area contributed by atoms with Crippen molar-refractivity contribution in [3.05, 3.63) is 76.2 Å². The Morgan fingerprint density at radius 2 is 1.93 bits per heavy atom. The van der Waals surface area contributed by atoms with E-state index in [1.165, 1.54) is 16.2 Å². The number of fused-ring (bicyclic) bond motifs is 1. The van der Waals surface area contributed by atoms with Crippen LogP contribution in [-0.4, -0.2) is 70.7 Å². The number of carbonyl (C=O) groups is 3. The van der Waals surface area contributed by atoms with Gasteiger partial charge in [-0.15, -0.1) is 11.3 Å². The van der Waals surface area contributed by atoms with Crippen molar-refractivity contribution in [2.75, 3.05) is 26.3 Å². The SMILES string of the molecule is N#Cc1csc(CNC(=O)[C@@H]2CC3(CN2C(=O)CNC(=O)c2ccc(-c4cnc5[nH]ccc5c4)cc2)OCCO3)c1.